The molecule has 138 valence electrons. The molecule has 1 aliphatic heterocycles. The number of anilines is 1. The molecule has 2 rings (SSSR count). The van der Waals surface area contributed by atoms with Gasteiger partial charge in [0.25, 0.3) is 0 Å². The van der Waals surface area contributed by atoms with Gasteiger partial charge in [-0.2, -0.15) is 0 Å². The maximum Gasteiger partial charge on any atom is 0.321 e. The summed E-state index contributed by atoms with van der Waals surface area (Å²) in [5.74, 6) is 0.0497. The van der Waals surface area contributed by atoms with Gasteiger partial charge < -0.3 is 20.3 Å². The van der Waals surface area contributed by atoms with E-state index in [2.05, 4.69) is 10.6 Å². The van der Waals surface area contributed by atoms with Crippen molar-refractivity contribution in [2.24, 2.45) is 5.92 Å². The number of likely N-dealkylation sites (tertiary alicyclic amines) is 1. The molecule has 1 aromatic rings. The molecule has 1 aliphatic rings. The predicted molar refractivity (Wildman–Crippen MR) is 98.9 cm³/mol. The van der Waals surface area contributed by atoms with Gasteiger partial charge in [0.15, 0.2) is 0 Å². The molecule has 1 heterocycles. The summed E-state index contributed by atoms with van der Waals surface area (Å²) < 4.78 is 5.25. The van der Waals surface area contributed by atoms with Crippen molar-refractivity contribution in [3.63, 3.8) is 0 Å². The molecule has 0 aromatic heterocycles. The van der Waals surface area contributed by atoms with E-state index in [0.717, 1.165) is 6.42 Å². The average molecular weight is 368 g/mol. The molecule has 0 aliphatic carbocycles. The molecule has 0 radical (unpaired) electrons. The van der Waals surface area contributed by atoms with Crippen molar-refractivity contribution in [3.05, 3.63) is 29.3 Å². The average Bonchev–Trinajstić information content (AvgIpc) is 2.61. The van der Waals surface area contributed by atoms with E-state index in [9.17, 15) is 9.59 Å². The maximum absolute atomic E-state index is 12.3. The van der Waals surface area contributed by atoms with Crippen LogP contribution in [0.1, 0.15) is 26.2 Å². The van der Waals surface area contributed by atoms with E-state index in [-0.39, 0.29) is 17.9 Å². The first-order valence-corrected chi connectivity index (χ1v) is 9.15. The third-order valence-electron chi connectivity index (χ3n) is 4.20. The van der Waals surface area contributed by atoms with Crippen LogP contribution in [0.5, 0.6) is 0 Å². The molecule has 1 aromatic carbocycles. The number of nitrogens with one attached hydrogen (secondary N) is 2. The van der Waals surface area contributed by atoms with Crippen LogP contribution >= 0.6 is 11.6 Å². The van der Waals surface area contributed by atoms with E-state index >= 15 is 0 Å². The van der Waals surface area contributed by atoms with Crippen molar-refractivity contribution in [1.82, 2.24) is 10.2 Å². The maximum atomic E-state index is 12.3. The lowest BCUT2D eigenvalue weighted by Gasteiger charge is -2.31. The number of piperidine rings is 1. The van der Waals surface area contributed by atoms with Gasteiger partial charge in [-0.25, -0.2) is 4.79 Å². The van der Waals surface area contributed by atoms with Gasteiger partial charge in [-0.3, -0.25) is 4.79 Å². The molecule has 1 saturated heterocycles. The number of hydrogen-bond donors (Lipinski definition) is 2. The van der Waals surface area contributed by atoms with E-state index in [4.69, 9.17) is 16.3 Å². The second-order valence-corrected chi connectivity index (χ2v) is 6.48. The van der Waals surface area contributed by atoms with E-state index in [1.165, 1.54) is 0 Å². The Kier molecular flexibility index (Phi) is 8.01. The molecule has 1 fully saturated rings. The molecule has 0 bridgehead atoms. The molecule has 0 spiro atoms. The lowest BCUT2D eigenvalue weighted by atomic mass is 9.96. The highest BCUT2D eigenvalue weighted by Gasteiger charge is 2.27. The minimum absolute atomic E-state index is 0.0256. The number of urea groups is 1. The molecule has 0 saturated carbocycles. The minimum atomic E-state index is -0.155. The molecule has 0 unspecified atom stereocenters. The highest BCUT2D eigenvalue weighted by atomic mass is 35.5. The SMILES string of the molecule is CCOCCCNC(=O)C1CCN(C(=O)Nc2cccc(Cl)c2)CC1. The Labute approximate surface area is 153 Å². The number of rotatable bonds is 7. The first kappa shape index (κ1) is 19.5. The summed E-state index contributed by atoms with van der Waals surface area (Å²) in [6.45, 7) is 5.10. The molecular formula is C18H26ClN3O3. The molecule has 25 heavy (non-hydrogen) atoms. The predicted octanol–water partition coefficient (Wildman–Crippen LogP) is 3.13. The summed E-state index contributed by atoms with van der Waals surface area (Å²) in [6.07, 6.45) is 2.18. The number of ether oxygens (including phenoxy) is 1. The van der Waals surface area contributed by atoms with Crippen LogP contribution in [0.25, 0.3) is 0 Å². The summed E-state index contributed by atoms with van der Waals surface area (Å²) >= 11 is 5.92. The fourth-order valence-corrected chi connectivity index (χ4v) is 2.98. The quantitative estimate of drug-likeness (QED) is 0.727. The minimum Gasteiger partial charge on any atom is -0.382 e. The zero-order valence-corrected chi connectivity index (χ0v) is 15.3. The van der Waals surface area contributed by atoms with Crippen molar-refractivity contribution < 1.29 is 14.3 Å². The first-order valence-electron chi connectivity index (χ1n) is 8.77. The fraction of sp³-hybridized carbons (Fsp3) is 0.556. The molecule has 7 heteroatoms. The Bertz CT molecular complexity index is 574. The van der Waals surface area contributed by atoms with Crippen molar-refractivity contribution in [3.8, 4) is 0 Å². The van der Waals surface area contributed by atoms with Crippen LogP contribution < -0.4 is 10.6 Å². The lowest BCUT2D eigenvalue weighted by molar-refractivity contribution is -0.126. The van der Waals surface area contributed by atoms with Crippen LogP contribution in [-0.4, -0.2) is 49.7 Å². The van der Waals surface area contributed by atoms with Crippen LogP contribution in [0.15, 0.2) is 24.3 Å². The van der Waals surface area contributed by atoms with Gasteiger partial charge >= 0.3 is 6.03 Å². The van der Waals surface area contributed by atoms with Crippen LogP contribution in [0, 0.1) is 5.92 Å². The highest BCUT2D eigenvalue weighted by molar-refractivity contribution is 6.30. The van der Waals surface area contributed by atoms with Crippen LogP contribution in [0.3, 0.4) is 0 Å². The standard InChI is InChI=1S/C18H26ClN3O3/c1-2-25-12-4-9-20-17(23)14-7-10-22(11-8-14)18(24)21-16-6-3-5-15(19)13-16/h3,5-6,13-14H,2,4,7-12H2,1H3,(H,20,23)(H,21,24). The lowest BCUT2D eigenvalue weighted by Crippen LogP contribution is -2.44. The Morgan fingerprint density at radius 1 is 1.32 bits per heavy atom. The van der Waals surface area contributed by atoms with Crippen molar-refractivity contribution >= 4 is 29.2 Å². The highest BCUT2D eigenvalue weighted by Crippen LogP contribution is 2.20. The van der Waals surface area contributed by atoms with Crippen molar-refractivity contribution in [2.75, 3.05) is 38.2 Å². The summed E-state index contributed by atoms with van der Waals surface area (Å²) in [4.78, 5) is 26.2. The van der Waals surface area contributed by atoms with Gasteiger partial charge in [-0.15, -0.1) is 0 Å². The second kappa shape index (κ2) is 10.3. The first-order chi connectivity index (χ1) is 12.1. The molecule has 2 N–H and O–H groups in total. The van der Waals surface area contributed by atoms with Gasteiger partial charge in [0, 0.05) is 49.5 Å². The summed E-state index contributed by atoms with van der Waals surface area (Å²) in [6, 6.07) is 6.90. The fourth-order valence-electron chi connectivity index (χ4n) is 2.79. The van der Waals surface area contributed by atoms with E-state index in [0.29, 0.717) is 56.4 Å². The number of carbonyl (C=O) groups is 2. The monoisotopic (exact) mass is 367 g/mol. The number of halogens is 1. The Morgan fingerprint density at radius 3 is 2.76 bits per heavy atom. The topological polar surface area (TPSA) is 70.7 Å². The van der Waals surface area contributed by atoms with Crippen molar-refractivity contribution in [2.45, 2.75) is 26.2 Å². The number of benzene rings is 1. The Balaban J connectivity index is 1.69. The third-order valence-corrected chi connectivity index (χ3v) is 4.43. The molecule has 6 nitrogen and oxygen atoms in total. The second-order valence-electron chi connectivity index (χ2n) is 6.04. The third kappa shape index (κ3) is 6.55. The number of carbonyl (C=O) groups excluding carboxylic acids is 2. The van der Waals surface area contributed by atoms with Crippen molar-refractivity contribution in [1.29, 1.82) is 0 Å². The number of amides is 3. The summed E-state index contributed by atoms with van der Waals surface area (Å²) in [7, 11) is 0. The van der Waals surface area contributed by atoms with Gasteiger partial charge in [0.1, 0.15) is 0 Å². The van der Waals surface area contributed by atoms with Gasteiger partial charge in [0.2, 0.25) is 5.91 Å². The van der Waals surface area contributed by atoms with E-state index in [1.54, 1.807) is 29.2 Å². The van der Waals surface area contributed by atoms with Gasteiger partial charge in [-0.1, -0.05) is 17.7 Å². The summed E-state index contributed by atoms with van der Waals surface area (Å²) in [5.41, 5.74) is 0.673. The summed E-state index contributed by atoms with van der Waals surface area (Å²) in [5, 5.41) is 6.37. The van der Waals surface area contributed by atoms with E-state index in [1.807, 2.05) is 6.92 Å². The van der Waals surface area contributed by atoms with E-state index < -0.39 is 0 Å². The molecular weight excluding hydrogens is 342 g/mol. The van der Waals surface area contributed by atoms with Gasteiger partial charge in [0.05, 0.1) is 0 Å². The zero-order chi connectivity index (χ0) is 18.1. The number of nitrogens with zero attached hydrogens (tertiary/aromatic N) is 1. The Morgan fingerprint density at radius 2 is 2.08 bits per heavy atom. The smallest absolute Gasteiger partial charge is 0.321 e. The molecule has 3 amide bonds. The van der Waals surface area contributed by atoms with Gasteiger partial charge in [-0.05, 0) is 44.4 Å². The van der Waals surface area contributed by atoms with Crippen LogP contribution in [0.2, 0.25) is 5.02 Å². The van der Waals surface area contributed by atoms with Crippen LogP contribution in [-0.2, 0) is 9.53 Å². The molecule has 0 atom stereocenters. The normalized spacial score (nSPS) is 15.0. The Hall–Kier alpha value is -1.79. The van der Waals surface area contributed by atoms with Crippen LogP contribution in [0.4, 0.5) is 10.5 Å². The zero-order valence-electron chi connectivity index (χ0n) is 14.6. The number of hydrogen-bond acceptors (Lipinski definition) is 3. The largest absolute Gasteiger partial charge is 0.382 e.